The van der Waals surface area contributed by atoms with Crippen LogP contribution in [0, 0.1) is 5.92 Å². The van der Waals surface area contributed by atoms with Gasteiger partial charge in [-0.3, -0.25) is 9.63 Å². The van der Waals surface area contributed by atoms with Gasteiger partial charge in [-0.1, -0.05) is 19.1 Å². The first-order chi connectivity index (χ1) is 5.63. The maximum atomic E-state index is 11.3. The van der Waals surface area contributed by atoms with Crippen LogP contribution in [0.3, 0.4) is 0 Å². The summed E-state index contributed by atoms with van der Waals surface area (Å²) < 4.78 is 0. The Balaban J connectivity index is 3.92. The fourth-order valence-electron chi connectivity index (χ4n) is 0.841. The smallest absolute Gasteiger partial charge is 0.248 e. The van der Waals surface area contributed by atoms with E-state index in [4.69, 9.17) is 4.84 Å². The molecule has 0 rings (SSSR count). The molecular formula is C9H17NO2. The van der Waals surface area contributed by atoms with Crippen molar-refractivity contribution in [1.82, 2.24) is 5.06 Å². The van der Waals surface area contributed by atoms with E-state index < -0.39 is 0 Å². The average Bonchev–Trinajstić information content (AvgIpc) is 2.11. The Kier molecular flexibility index (Phi) is 5.37. The molecule has 0 aromatic carbocycles. The highest BCUT2D eigenvalue weighted by molar-refractivity contribution is 5.77. The van der Waals surface area contributed by atoms with Crippen molar-refractivity contribution < 1.29 is 9.63 Å². The summed E-state index contributed by atoms with van der Waals surface area (Å²) in [7, 11) is 3.11. The summed E-state index contributed by atoms with van der Waals surface area (Å²) in [5.74, 6) is 0.00162. The molecule has 0 bridgehead atoms. The van der Waals surface area contributed by atoms with Crippen molar-refractivity contribution in [1.29, 1.82) is 0 Å². The van der Waals surface area contributed by atoms with Crippen LogP contribution in [0.4, 0.5) is 0 Å². The SMILES string of the molecule is C/C=C/C[C@H](C)C(=O)N(C)OC. The summed E-state index contributed by atoms with van der Waals surface area (Å²) in [6.07, 6.45) is 4.69. The molecule has 1 atom stereocenters. The van der Waals surface area contributed by atoms with E-state index in [1.54, 1.807) is 7.05 Å². The summed E-state index contributed by atoms with van der Waals surface area (Å²) in [6.45, 7) is 3.83. The highest BCUT2D eigenvalue weighted by Crippen LogP contribution is 2.06. The van der Waals surface area contributed by atoms with Crippen LogP contribution in [0.25, 0.3) is 0 Å². The minimum Gasteiger partial charge on any atom is -0.275 e. The zero-order chi connectivity index (χ0) is 9.56. The quantitative estimate of drug-likeness (QED) is 0.475. The first kappa shape index (κ1) is 11.2. The molecule has 3 heteroatoms. The Morgan fingerprint density at radius 3 is 2.67 bits per heavy atom. The molecule has 0 fully saturated rings. The Labute approximate surface area is 74.0 Å². The monoisotopic (exact) mass is 171 g/mol. The van der Waals surface area contributed by atoms with Crippen molar-refractivity contribution >= 4 is 5.91 Å². The average molecular weight is 171 g/mol. The molecular weight excluding hydrogens is 154 g/mol. The third kappa shape index (κ3) is 3.53. The zero-order valence-corrected chi connectivity index (χ0v) is 8.20. The van der Waals surface area contributed by atoms with E-state index in [1.165, 1.54) is 12.2 Å². The number of allylic oxidation sites excluding steroid dienone is 2. The summed E-state index contributed by atoms with van der Waals surface area (Å²) in [4.78, 5) is 16.1. The third-order valence-corrected chi connectivity index (χ3v) is 1.73. The predicted molar refractivity (Wildman–Crippen MR) is 48.4 cm³/mol. The van der Waals surface area contributed by atoms with Crippen molar-refractivity contribution in [3.63, 3.8) is 0 Å². The van der Waals surface area contributed by atoms with E-state index in [2.05, 4.69) is 0 Å². The van der Waals surface area contributed by atoms with Gasteiger partial charge >= 0.3 is 0 Å². The minimum atomic E-state index is -0.00819. The number of hydrogen-bond donors (Lipinski definition) is 0. The molecule has 12 heavy (non-hydrogen) atoms. The predicted octanol–water partition coefficient (Wildman–Crippen LogP) is 1.61. The number of nitrogens with zero attached hydrogens (tertiary/aromatic N) is 1. The summed E-state index contributed by atoms with van der Waals surface area (Å²) in [5.41, 5.74) is 0. The standard InChI is InChI=1S/C9H17NO2/c1-5-6-7-8(2)9(11)10(3)12-4/h5-6,8H,7H2,1-4H3/b6-5+/t8-/m0/s1. The molecule has 0 unspecified atom stereocenters. The lowest BCUT2D eigenvalue weighted by atomic mass is 10.1. The Hall–Kier alpha value is -0.830. The molecule has 0 spiro atoms. The highest BCUT2D eigenvalue weighted by atomic mass is 16.7. The largest absolute Gasteiger partial charge is 0.275 e. The number of hydrogen-bond acceptors (Lipinski definition) is 2. The summed E-state index contributed by atoms with van der Waals surface area (Å²) in [6, 6.07) is 0. The van der Waals surface area contributed by atoms with Gasteiger partial charge in [0.05, 0.1) is 7.11 Å². The van der Waals surface area contributed by atoms with Gasteiger partial charge in [0.25, 0.3) is 0 Å². The second-order valence-corrected chi connectivity index (χ2v) is 2.72. The van der Waals surface area contributed by atoms with Crippen molar-refractivity contribution in [2.45, 2.75) is 20.3 Å². The van der Waals surface area contributed by atoms with Crippen LogP contribution >= 0.6 is 0 Å². The Bertz CT molecular complexity index is 166. The molecule has 70 valence electrons. The van der Waals surface area contributed by atoms with Crippen molar-refractivity contribution in [3.05, 3.63) is 12.2 Å². The second kappa shape index (κ2) is 5.77. The van der Waals surface area contributed by atoms with E-state index in [0.29, 0.717) is 0 Å². The van der Waals surface area contributed by atoms with Gasteiger partial charge in [0.2, 0.25) is 5.91 Å². The zero-order valence-electron chi connectivity index (χ0n) is 8.20. The lowest BCUT2D eigenvalue weighted by molar-refractivity contribution is -0.172. The molecule has 0 saturated heterocycles. The molecule has 0 heterocycles. The maximum absolute atomic E-state index is 11.3. The molecule has 0 aliphatic carbocycles. The van der Waals surface area contributed by atoms with Gasteiger partial charge in [0, 0.05) is 13.0 Å². The number of rotatable bonds is 4. The lowest BCUT2D eigenvalue weighted by Gasteiger charge is -2.17. The first-order valence-corrected chi connectivity index (χ1v) is 4.06. The molecule has 0 radical (unpaired) electrons. The van der Waals surface area contributed by atoms with Crippen molar-refractivity contribution in [2.75, 3.05) is 14.2 Å². The van der Waals surface area contributed by atoms with Gasteiger partial charge in [-0.2, -0.15) is 0 Å². The van der Waals surface area contributed by atoms with Crippen molar-refractivity contribution in [2.24, 2.45) is 5.92 Å². The maximum Gasteiger partial charge on any atom is 0.248 e. The van der Waals surface area contributed by atoms with Gasteiger partial charge in [-0.05, 0) is 13.3 Å². The highest BCUT2D eigenvalue weighted by Gasteiger charge is 2.15. The molecule has 0 aromatic heterocycles. The van der Waals surface area contributed by atoms with Gasteiger partial charge < -0.3 is 0 Å². The van der Waals surface area contributed by atoms with E-state index >= 15 is 0 Å². The topological polar surface area (TPSA) is 29.5 Å². The van der Waals surface area contributed by atoms with Gasteiger partial charge in [-0.25, -0.2) is 5.06 Å². The van der Waals surface area contributed by atoms with E-state index in [9.17, 15) is 4.79 Å². The van der Waals surface area contributed by atoms with Gasteiger partial charge in [0.15, 0.2) is 0 Å². The van der Waals surface area contributed by atoms with Crippen molar-refractivity contribution in [3.8, 4) is 0 Å². The molecule has 0 aliphatic rings. The van der Waals surface area contributed by atoms with Crippen LogP contribution in [0.2, 0.25) is 0 Å². The minimum absolute atomic E-state index is 0.00819. The molecule has 0 N–H and O–H groups in total. The molecule has 0 aliphatic heterocycles. The van der Waals surface area contributed by atoms with Crippen LogP contribution in [-0.2, 0) is 9.63 Å². The van der Waals surface area contributed by atoms with Crippen LogP contribution < -0.4 is 0 Å². The van der Waals surface area contributed by atoms with Gasteiger partial charge in [0.1, 0.15) is 0 Å². The van der Waals surface area contributed by atoms with Crippen LogP contribution in [0.15, 0.2) is 12.2 Å². The van der Waals surface area contributed by atoms with E-state index in [1.807, 2.05) is 26.0 Å². The number of amides is 1. The second-order valence-electron chi connectivity index (χ2n) is 2.72. The normalized spacial score (nSPS) is 13.3. The van der Waals surface area contributed by atoms with Gasteiger partial charge in [-0.15, -0.1) is 0 Å². The number of carbonyl (C=O) groups excluding carboxylic acids is 1. The fraction of sp³-hybridized carbons (Fsp3) is 0.667. The van der Waals surface area contributed by atoms with Crippen LogP contribution in [-0.4, -0.2) is 25.1 Å². The third-order valence-electron chi connectivity index (χ3n) is 1.73. The summed E-state index contributed by atoms with van der Waals surface area (Å²) >= 11 is 0. The molecule has 3 nitrogen and oxygen atoms in total. The number of carbonyl (C=O) groups is 1. The molecule has 1 amide bonds. The van der Waals surface area contributed by atoms with E-state index in [-0.39, 0.29) is 11.8 Å². The van der Waals surface area contributed by atoms with E-state index in [0.717, 1.165) is 6.42 Å². The fourth-order valence-corrected chi connectivity index (χ4v) is 0.841. The summed E-state index contributed by atoms with van der Waals surface area (Å²) in [5, 5.41) is 1.26. The Morgan fingerprint density at radius 2 is 2.25 bits per heavy atom. The lowest BCUT2D eigenvalue weighted by Crippen LogP contribution is -2.30. The molecule has 0 saturated carbocycles. The first-order valence-electron chi connectivity index (χ1n) is 4.06. The van der Waals surface area contributed by atoms with Crippen LogP contribution in [0.5, 0.6) is 0 Å². The molecule has 0 aromatic rings. The number of hydroxylamine groups is 2. The van der Waals surface area contributed by atoms with Crippen LogP contribution in [0.1, 0.15) is 20.3 Å². The Morgan fingerprint density at radius 1 is 1.67 bits per heavy atom.